The number of hydrogen-bond donors (Lipinski definition) is 0. The van der Waals surface area contributed by atoms with Crippen LogP contribution in [0.4, 0.5) is 8.78 Å². The number of alkyl halides is 2. The molecule has 2 aromatic carbocycles. The van der Waals surface area contributed by atoms with Gasteiger partial charge in [0.1, 0.15) is 6.10 Å². The highest BCUT2D eigenvalue weighted by Crippen LogP contribution is 2.38. The summed E-state index contributed by atoms with van der Waals surface area (Å²) in [5, 5.41) is 0.160. The van der Waals surface area contributed by atoms with Gasteiger partial charge < -0.3 is 14.2 Å². The first-order valence-corrected chi connectivity index (χ1v) is 14.8. The Morgan fingerprint density at radius 3 is 2.52 bits per heavy atom. The van der Waals surface area contributed by atoms with Crippen LogP contribution >= 0.6 is 35.0 Å². The molecule has 0 amide bonds. The molecule has 2 aliphatic rings. The van der Waals surface area contributed by atoms with Crippen molar-refractivity contribution in [3.8, 4) is 11.5 Å². The number of nitrogens with zero attached hydrogens (tertiary/aromatic N) is 2. The van der Waals surface area contributed by atoms with E-state index < -0.39 is 24.1 Å². The Kier molecular flexibility index (Phi) is 9.68. The number of benzene rings is 2. The van der Waals surface area contributed by atoms with Crippen molar-refractivity contribution in [1.29, 1.82) is 0 Å². The van der Waals surface area contributed by atoms with Crippen molar-refractivity contribution in [3.63, 3.8) is 0 Å². The summed E-state index contributed by atoms with van der Waals surface area (Å²) in [6.07, 6.45) is 4.33. The van der Waals surface area contributed by atoms with Gasteiger partial charge in [-0.25, -0.2) is 4.79 Å². The monoisotopic (exact) mass is 608 g/mol. The standard InChI is InChI=1S/C29H28Cl2F2N2O4S/c30-22-14-34-15-23(31)21(22)13-25(20-8-9-24(39-29(32)33)26(12-20)37-17-19-6-7-19)38-28(36)27-35(10-11-40-27)16-18-4-2-1-3-5-18/h1-5,8-9,12,14-15,19,25,27,29H,6-7,10-11,13,16-17H2. The Bertz CT molecular complexity index is 1300. The fourth-order valence-corrected chi connectivity index (χ4v) is 6.13. The molecule has 0 spiro atoms. The normalized spacial score (nSPS) is 18.1. The molecule has 3 aromatic rings. The van der Waals surface area contributed by atoms with Crippen LogP contribution in [0.15, 0.2) is 60.9 Å². The van der Waals surface area contributed by atoms with Gasteiger partial charge in [-0.3, -0.25) is 9.88 Å². The molecule has 2 atom stereocenters. The predicted molar refractivity (Wildman–Crippen MR) is 151 cm³/mol. The number of hydrogen-bond acceptors (Lipinski definition) is 7. The Balaban J connectivity index is 1.42. The third-order valence-corrected chi connectivity index (χ3v) is 8.62. The van der Waals surface area contributed by atoms with Gasteiger partial charge in [-0.15, -0.1) is 11.8 Å². The van der Waals surface area contributed by atoms with Gasteiger partial charge in [-0.1, -0.05) is 59.6 Å². The molecule has 5 rings (SSSR count). The highest BCUT2D eigenvalue weighted by molar-refractivity contribution is 8.00. The Labute approximate surface area is 245 Å². The zero-order valence-corrected chi connectivity index (χ0v) is 23.8. The largest absolute Gasteiger partial charge is 0.489 e. The first-order chi connectivity index (χ1) is 19.4. The summed E-state index contributed by atoms with van der Waals surface area (Å²) in [6, 6.07) is 14.5. The molecule has 11 heteroatoms. The van der Waals surface area contributed by atoms with Crippen LogP contribution in [-0.2, 0) is 22.5 Å². The number of aromatic nitrogens is 1. The second-order valence-electron chi connectivity index (χ2n) is 9.73. The van der Waals surface area contributed by atoms with E-state index >= 15 is 0 Å². The van der Waals surface area contributed by atoms with Gasteiger partial charge in [0, 0.05) is 37.7 Å². The molecule has 1 aliphatic heterocycles. The number of carbonyl (C=O) groups excluding carboxylic acids is 1. The fourth-order valence-electron chi connectivity index (χ4n) is 4.47. The topological polar surface area (TPSA) is 60.9 Å². The summed E-state index contributed by atoms with van der Waals surface area (Å²) >= 11 is 14.4. The van der Waals surface area contributed by atoms with Crippen LogP contribution in [0, 0.1) is 5.92 Å². The molecule has 2 unspecified atom stereocenters. The zero-order chi connectivity index (χ0) is 28.1. The van der Waals surface area contributed by atoms with Crippen molar-refractivity contribution in [2.24, 2.45) is 5.92 Å². The number of thioether (sulfide) groups is 1. The van der Waals surface area contributed by atoms with Gasteiger partial charge in [0.2, 0.25) is 0 Å². The number of rotatable bonds is 12. The molecular weight excluding hydrogens is 581 g/mol. The van der Waals surface area contributed by atoms with E-state index in [1.807, 2.05) is 30.3 Å². The Morgan fingerprint density at radius 1 is 1.07 bits per heavy atom. The molecule has 1 saturated heterocycles. The predicted octanol–water partition coefficient (Wildman–Crippen LogP) is 7.18. The van der Waals surface area contributed by atoms with Crippen LogP contribution in [0.3, 0.4) is 0 Å². The lowest BCUT2D eigenvalue weighted by Crippen LogP contribution is -2.36. The molecule has 6 nitrogen and oxygen atoms in total. The van der Waals surface area contributed by atoms with Crippen LogP contribution in [0.25, 0.3) is 0 Å². The zero-order valence-electron chi connectivity index (χ0n) is 21.5. The van der Waals surface area contributed by atoms with E-state index in [0.29, 0.717) is 40.2 Å². The SMILES string of the molecule is O=C(OC(Cc1c(Cl)cncc1Cl)c1ccc(OC(F)F)c(OCC2CC2)c1)C1SCCN1Cc1ccccc1. The maximum absolute atomic E-state index is 13.6. The molecule has 0 N–H and O–H groups in total. The van der Waals surface area contributed by atoms with E-state index in [1.54, 1.807) is 12.1 Å². The smallest absolute Gasteiger partial charge is 0.387 e. The summed E-state index contributed by atoms with van der Waals surface area (Å²) in [5.41, 5.74) is 2.20. The van der Waals surface area contributed by atoms with E-state index in [9.17, 15) is 13.6 Å². The minimum atomic E-state index is -3.01. The molecule has 0 radical (unpaired) electrons. The summed E-state index contributed by atoms with van der Waals surface area (Å²) in [7, 11) is 0. The number of ether oxygens (including phenoxy) is 3. The van der Waals surface area contributed by atoms with E-state index in [1.165, 1.54) is 30.2 Å². The molecule has 1 saturated carbocycles. The third kappa shape index (κ3) is 7.57. The molecule has 1 aliphatic carbocycles. The Morgan fingerprint density at radius 2 is 1.82 bits per heavy atom. The summed E-state index contributed by atoms with van der Waals surface area (Å²) < 4.78 is 42.9. The molecule has 2 heterocycles. The van der Waals surface area contributed by atoms with E-state index in [0.717, 1.165) is 30.7 Å². The lowest BCUT2D eigenvalue weighted by Gasteiger charge is -2.26. The van der Waals surface area contributed by atoms with Crippen molar-refractivity contribution in [1.82, 2.24) is 9.88 Å². The summed E-state index contributed by atoms with van der Waals surface area (Å²) in [5.74, 6) is 0.862. The van der Waals surface area contributed by atoms with Crippen LogP contribution in [0.5, 0.6) is 11.5 Å². The van der Waals surface area contributed by atoms with Crippen LogP contribution in [0.2, 0.25) is 10.0 Å². The molecule has 1 aromatic heterocycles. The second kappa shape index (κ2) is 13.4. The quantitative estimate of drug-likeness (QED) is 0.202. The average Bonchev–Trinajstić information content (AvgIpc) is 3.65. The number of halogens is 4. The highest BCUT2D eigenvalue weighted by atomic mass is 35.5. The van der Waals surface area contributed by atoms with Gasteiger partial charge >= 0.3 is 12.6 Å². The van der Waals surface area contributed by atoms with Gasteiger partial charge in [-0.05, 0) is 47.6 Å². The van der Waals surface area contributed by atoms with Crippen LogP contribution < -0.4 is 9.47 Å². The minimum Gasteiger partial charge on any atom is -0.489 e. The molecule has 2 fully saturated rings. The molecule has 212 valence electrons. The Hall–Kier alpha value is -2.59. The number of esters is 1. The van der Waals surface area contributed by atoms with Crippen molar-refractivity contribution in [2.45, 2.75) is 43.9 Å². The number of carbonyl (C=O) groups is 1. The first-order valence-electron chi connectivity index (χ1n) is 13.0. The van der Waals surface area contributed by atoms with Crippen molar-refractivity contribution >= 4 is 40.9 Å². The summed E-state index contributed by atoms with van der Waals surface area (Å²) in [6.45, 7) is -1.26. The van der Waals surface area contributed by atoms with Gasteiger partial charge in [0.25, 0.3) is 0 Å². The number of pyridine rings is 1. The van der Waals surface area contributed by atoms with Crippen molar-refractivity contribution in [2.75, 3.05) is 18.9 Å². The van der Waals surface area contributed by atoms with Crippen molar-refractivity contribution in [3.05, 3.63) is 87.7 Å². The minimum absolute atomic E-state index is 0.0789. The average molecular weight is 610 g/mol. The second-order valence-corrected chi connectivity index (χ2v) is 11.7. The maximum Gasteiger partial charge on any atom is 0.387 e. The van der Waals surface area contributed by atoms with Crippen molar-refractivity contribution < 1.29 is 27.8 Å². The lowest BCUT2D eigenvalue weighted by atomic mass is 10.0. The molecule has 40 heavy (non-hydrogen) atoms. The first kappa shape index (κ1) is 28.9. The summed E-state index contributed by atoms with van der Waals surface area (Å²) in [4.78, 5) is 19.7. The lowest BCUT2D eigenvalue weighted by molar-refractivity contribution is -0.152. The van der Waals surface area contributed by atoms with Gasteiger partial charge in [0.05, 0.1) is 16.7 Å². The molecule has 0 bridgehead atoms. The van der Waals surface area contributed by atoms with Gasteiger partial charge in [0.15, 0.2) is 16.9 Å². The molecular formula is C29H28Cl2F2N2O4S. The van der Waals surface area contributed by atoms with Crippen LogP contribution in [-0.4, -0.2) is 46.7 Å². The van der Waals surface area contributed by atoms with Gasteiger partial charge in [-0.2, -0.15) is 8.78 Å². The fraction of sp³-hybridized carbons (Fsp3) is 0.379. The highest BCUT2D eigenvalue weighted by Gasteiger charge is 2.35. The van der Waals surface area contributed by atoms with Crippen LogP contribution in [0.1, 0.15) is 35.6 Å². The van der Waals surface area contributed by atoms with E-state index in [-0.39, 0.29) is 17.9 Å². The third-order valence-electron chi connectivity index (χ3n) is 6.74. The van der Waals surface area contributed by atoms with E-state index in [4.69, 9.17) is 37.4 Å². The maximum atomic E-state index is 13.6. The van der Waals surface area contributed by atoms with E-state index in [2.05, 4.69) is 9.88 Å².